The number of carbonyl (C=O) groups excluding carboxylic acids is 1. The van der Waals surface area contributed by atoms with Gasteiger partial charge in [0.15, 0.2) is 3.95 Å². The quantitative estimate of drug-likeness (QED) is 0.321. The van der Waals surface area contributed by atoms with E-state index in [1.807, 2.05) is 30.3 Å². The van der Waals surface area contributed by atoms with Crippen LogP contribution in [-0.2, 0) is 16.0 Å². The second kappa shape index (κ2) is 9.49. The average molecular weight is 429 g/mol. The van der Waals surface area contributed by atoms with Gasteiger partial charge in [-0.1, -0.05) is 53.8 Å². The lowest BCUT2D eigenvalue weighted by Gasteiger charge is -2.18. The zero-order valence-electron chi connectivity index (χ0n) is 15.7. The third-order valence-electron chi connectivity index (χ3n) is 4.19. The van der Waals surface area contributed by atoms with Gasteiger partial charge in [0.05, 0.1) is 12.8 Å². The summed E-state index contributed by atoms with van der Waals surface area (Å²) in [7, 11) is 0. The van der Waals surface area contributed by atoms with E-state index in [2.05, 4.69) is 4.99 Å². The monoisotopic (exact) mass is 428 g/mol. The Morgan fingerprint density at radius 1 is 1.21 bits per heavy atom. The topological polar surface area (TPSA) is 84.0 Å². The van der Waals surface area contributed by atoms with E-state index in [1.54, 1.807) is 25.1 Å². The van der Waals surface area contributed by atoms with Gasteiger partial charge >= 0.3 is 5.97 Å². The van der Waals surface area contributed by atoms with Crippen LogP contribution in [0.25, 0.3) is 0 Å². The van der Waals surface area contributed by atoms with E-state index in [0.29, 0.717) is 20.9 Å². The van der Waals surface area contributed by atoms with Gasteiger partial charge in [-0.15, -0.1) is 0 Å². The minimum absolute atomic E-state index is 0.0275. The maximum atomic E-state index is 12.6. The number of aliphatic imine (C=N–C) groups is 1. The molecule has 29 heavy (non-hydrogen) atoms. The first-order valence-electron chi connectivity index (χ1n) is 8.98. The first-order chi connectivity index (χ1) is 14.0. The molecule has 0 saturated heterocycles. The van der Waals surface area contributed by atoms with E-state index in [9.17, 15) is 15.0 Å². The minimum Gasteiger partial charge on any atom is -0.506 e. The Balaban J connectivity index is 1.97. The molecule has 3 aromatic rings. The molecule has 8 heteroatoms. The van der Waals surface area contributed by atoms with Crippen LogP contribution >= 0.6 is 23.6 Å². The molecule has 0 aliphatic rings. The van der Waals surface area contributed by atoms with Crippen molar-refractivity contribution in [1.82, 2.24) is 4.57 Å². The van der Waals surface area contributed by atoms with Crippen LogP contribution in [0.5, 0.6) is 11.6 Å². The Bertz CT molecular complexity index is 1070. The van der Waals surface area contributed by atoms with Crippen molar-refractivity contribution in [2.75, 3.05) is 6.61 Å². The lowest BCUT2D eigenvalue weighted by atomic mass is 10.1. The zero-order chi connectivity index (χ0) is 20.8. The number of carbonyl (C=O) groups is 1. The first kappa shape index (κ1) is 20.8. The number of phenolic OH excluding ortho intramolecular Hbond substituents is 1. The summed E-state index contributed by atoms with van der Waals surface area (Å²) in [5.41, 5.74) is 1.28. The summed E-state index contributed by atoms with van der Waals surface area (Å²) >= 11 is 6.55. The highest BCUT2D eigenvalue weighted by molar-refractivity contribution is 7.73. The minimum atomic E-state index is -0.798. The van der Waals surface area contributed by atoms with Crippen LogP contribution in [0.2, 0.25) is 0 Å². The summed E-state index contributed by atoms with van der Waals surface area (Å²) in [6.07, 6.45) is 1.75. The van der Waals surface area contributed by atoms with Crippen LogP contribution in [0.3, 0.4) is 0 Å². The number of aromatic hydroxyl groups is 2. The van der Waals surface area contributed by atoms with Crippen LogP contribution in [-0.4, -0.2) is 33.6 Å². The predicted molar refractivity (Wildman–Crippen MR) is 116 cm³/mol. The van der Waals surface area contributed by atoms with Crippen LogP contribution in [0.15, 0.2) is 59.6 Å². The fourth-order valence-corrected chi connectivity index (χ4v) is 4.09. The van der Waals surface area contributed by atoms with E-state index in [4.69, 9.17) is 17.0 Å². The number of phenols is 1. The summed E-state index contributed by atoms with van der Waals surface area (Å²) in [6, 6.07) is 15.3. The number of benzene rings is 2. The lowest BCUT2D eigenvalue weighted by Crippen LogP contribution is -2.24. The van der Waals surface area contributed by atoms with Gasteiger partial charge in [-0.25, -0.2) is 4.79 Å². The molecule has 0 saturated carbocycles. The Hall–Kier alpha value is -2.97. The second-order valence-electron chi connectivity index (χ2n) is 6.13. The van der Waals surface area contributed by atoms with Crippen molar-refractivity contribution in [3.8, 4) is 11.6 Å². The van der Waals surface area contributed by atoms with Gasteiger partial charge < -0.3 is 14.9 Å². The predicted octanol–water partition coefficient (Wildman–Crippen LogP) is 4.79. The molecule has 1 aromatic heterocycles. The van der Waals surface area contributed by atoms with E-state index in [1.165, 1.54) is 16.8 Å². The van der Waals surface area contributed by atoms with E-state index in [-0.39, 0.29) is 18.2 Å². The molecule has 0 spiro atoms. The normalized spacial score (nSPS) is 12.2. The van der Waals surface area contributed by atoms with Crippen LogP contribution in [0.4, 0.5) is 5.69 Å². The summed E-state index contributed by atoms with van der Waals surface area (Å²) in [4.78, 5) is 17.2. The Morgan fingerprint density at radius 3 is 2.59 bits per heavy atom. The molecule has 0 aliphatic heterocycles. The number of esters is 1. The molecule has 0 radical (unpaired) electrons. The van der Waals surface area contributed by atoms with Crippen molar-refractivity contribution in [3.63, 3.8) is 0 Å². The summed E-state index contributed by atoms with van der Waals surface area (Å²) in [6.45, 7) is 1.96. The van der Waals surface area contributed by atoms with Crippen LogP contribution in [0.1, 0.15) is 23.4 Å². The molecular weight excluding hydrogens is 408 g/mol. The SMILES string of the molecule is CCOC(=O)C(Cc1ccccc1)n1c(O)c(C=Nc2ccccc2O)sc1=S. The van der Waals surface area contributed by atoms with Gasteiger partial charge in [0.25, 0.3) is 0 Å². The number of hydrogen-bond donors (Lipinski definition) is 2. The van der Waals surface area contributed by atoms with Gasteiger partial charge in [0, 0.05) is 6.42 Å². The number of ether oxygens (including phenoxy) is 1. The molecule has 1 atom stereocenters. The van der Waals surface area contributed by atoms with Gasteiger partial charge in [-0.05, 0) is 36.8 Å². The molecule has 2 aromatic carbocycles. The maximum Gasteiger partial charge on any atom is 0.329 e. The van der Waals surface area contributed by atoms with E-state index in [0.717, 1.165) is 16.9 Å². The number of thiazole rings is 1. The molecule has 1 heterocycles. The Labute approximate surface area is 177 Å². The largest absolute Gasteiger partial charge is 0.506 e. The third-order valence-corrected chi connectivity index (χ3v) is 5.51. The number of nitrogens with zero attached hydrogens (tertiary/aromatic N) is 2. The third kappa shape index (κ3) is 4.90. The average Bonchev–Trinajstić information content (AvgIpc) is 3.00. The van der Waals surface area contributed by atoms with Crippen LogP contribution < -0.4 is 0 Å². The molecule has 6 nitrogen and oxygen atoms in total. The molecule has 2 N–H and O–H groups in total. The zero-order valence-corrected chi connectivity index (χ0v) is 17.3. The fraction of sp³-hybridized carbons (Fsp3) is 0.190. The van der Waals surface area contributed by atoms with Crippen molar-refractivity contribution < 1.29 is 19.7 Å². The number of hydrogen-bond acceptors (Lipinski definition) is 7. The van der Waals surface area contributed by atoms with Crippen molar-refractivity contribution in [1.29, 1.82) is 0 Å². The fourth-order valence-electron chi connectivity index (χ4n) is 2.81. The van der Waals surface area contributed by atoms with E-state index >= 15 is 0 Å². The van der Waals surface area contributed by atoms with E-state index < -0.39 is 12.0 Å². The summed E-state index contributed by atoms with van der Waals surface area (Å²) < 4.78 is 6.94. The highest BCUT2D eigenvalue weighted by Gasteiger charge is 2.27. The molecule has 150 valence electrons. The molecular formula is C21H20N2O4S2. The Morgan fingerprint density at radius 2 is 1.90 bits per heavy atom. The molecule has 0 amide bonds. The molecule has 0 bridgehead atoms. The van der Waals surface area contributed by atoms with Gasteiger partial charge in [0.2, 0.25) is 5.88 Å². The van der Waals surface area contributed by atoms with Crippen molar-refractivity contribution in [2.24, 2.45) is 4.99 Å². The molecule has 3 rings (SSSR count). The standard InChI is InChI=1S/C21H20N2O4S2/c1-2-27-20(26)16(12-14-8-4-3-5-9-14)23-19(25)18(29-21(23)28)13-22-15-10-6-7-11-17(15)24/h3-11,13,16,24-25H,2,12H2,1H3. The smallest absolute Gasteiger partial charge is 0.329 e. The van der Waals surface area contributed by atoms with Crippen molar-refractivity contribution in [3.05, 3.63) is 69.0 Å². The highest BCUT2D eigenvalue weighted by atomic mass is 32.1. The number of rotatable bonds is 7. The second-order valence-corrected chi connectivity index (χ2v) is 7.81. The van der Waals surface area contributed by atoms with Gasteiger partial charge in [0.1, 0.15) is 22.4 Å². The molecule has 1 unspecified atom stereocenters. The summed E-state index contributed by atoms with van der Waals surface area (Å²) in [5.74, 6) is -0.599. The maximum absolute atomic E-state index is 12.6. The van der Waals surface area contributed by atoms with Gasteiger partial charge in [-0.2, -0.15) is 0 Å². The van der Waals surface area contributed by atoms with Crippen molar-refractivity contribution >= 4 is 41.4 Å². The number of aromatic nitrogens is 1. The van der Waals surface area contributed by atoms with Crippen LogP contribution in [0, 0.1) is 3.95 Å². The van der Waals surface area contributed by atoms with Gasteiger partial charge in [-0.3, -0.25) is 9.56 Å². The number of para-hydroxylation sites is 2. The lowest BCUT2D eigenvalue weighted by molar-refractivity contribution is -0.147. The Kier molecular flexibility index (Phi) is 6.79. The first-order valence-corrected chi connectivity index (χ1v) is 10.2. The van der Waals surface area contributed by atoms with Crippen molar-refractivity contribution in [2.45, 2.75) is 19.4 Å². The summed E-state index contributed by atoms with van der Waals surface area (Å²) in [5, 5.41) is 20.6. The molecule has 0 aliphatic carbocycles. The molecule has 0 fully saturated rings. The highest BCUT2D eigenvalue weighted by Crippen LogP contribution is 2.32.